The maximum atomic E-state index is 12.4. The molecule has 2 aromatic carbocycles. The third-order valence-corrected chi connectivity index (χ3v) is 3.60. The molecule has 3 rings (SSSR count). The zero-order chi connectivity index (χ0) is 14.1. The molecule has 2 aromatic rings. The molecule has 0 radical (unpaired) electrons. The molecule has 4 nitrogen and oxygen atoms in total. The summed E-state index contributed by atoms with van der Waals surface area (Å²) in [5.41, 5.74) is 2.73. The van der Waals surface area contributed by atoms with Crippen LogP contribution in [0.25, 0.3) is 0 Å². The molecular formula is C16H15NO3. The van der Waals surface area contributed by atoms with Gasteiger partial charge in [0.05, 0.1) is 0 Å². The minimum atomic E-state index is -0.0565. The molecule has 0 atom stereocenters. The van der Waals surface area contributed by atoms with Crippen LogP contribution in [-0.2, 0) is 13.0 Å². The fourth-order valence-electron chi connectivity index (χ4n) is 2.50. The van der Waals surface area contributed by atoms with E-state index in [1.54, 1.807) is 29.2 Å². The first-order valence-electron chi connectivity index (χ1n) is 6.52. The van der Waals surface area contributed by atoms with Crippen molar-refractivity contribution in [3.05, 3.63) is 59.2 Å². The van der Waals surface area contributed by atoms with Gasteiger partial charge in [0.2, 0.25) is 0 Å². The summed E-state index contributed by atoms with van der Waals surface area (Å²) in [6.45, 7) is 1.17. The van der Waals surface area contributed by atoms with Gasteiger partial charge in [-0.15, -0.1) is 0 Å². The van der Waals surface area contributed by atoms with Crippen molar-refractivity contribution in [1.82, 2.24) is 4.90 Å². The average molecular weight is 269 g/mol. The Balaban J connectivity index is 1.82. The molecule has 0 fully saturated rings. The van der Waals surface area contributed by atoms with Gasteiger partial charge >= 0.3 is 0 Å². The largest absolute Gasteiger partial charge is 0.508 e. The summed E-state index contributed by atoms with van der Waals surface area (Å²) in [4.78, 5) is 14.1. The third-order valence-electron chi connectivity index (χ3n) is 3.60. The molecule has 102 valence electrons. The van der Waals surface area contributed by atoms with E-state index in [1.165, 1.54) is 17.7 Å². The van der Waals surface area contributed by atoms with Crippen molar-refractivity contribution in [2.75, 3.05) is 6.54 Å². The van der Waals surface area contributed by atoms with Crippen LogP contribution in [0.15, 0.2) is 42.5 Å². The fourth-order valence-corrected chi connectivity index (χ4v) is 2.50. The molecule has 0 spiro atoms. The first kappa shape index (κ1) is 12.5. The van der Waals surface area contributed by atoms with Gasteiger partial charge in [0.25, 0.3) is 5.91 Å². The second kappa shape index (κ2) is 4.89. The van der Waals surface area contributed by atoms with Crippen molar-refractivity contribution in [3.8, 4) is 11.5 Å². The van der Waals surface area contributed by atoms with Crippen molar-refractivity contribution < 1.29 is 15.0 Å². The average Bonchev–Trinajstić information content (AvgIpc) is 2.46. The van der Waals surface area contributed by atoms with Gasteiger partial charge in [-0.3, -0.25) is 4.79 Å². The molecule has 2 N–H and O–H groups in total. The van der Waals surface area contributed by atoms with Crippen molar-refractivity contribution >= 4 is 5.91 Å². The quantitative estimate of drug-likeness (QED) is 0.835. The Kier molecular flexibility index (Phi) is 3.06. The summed E-state index contributed by atoms with van der Waals surface area (Å²) in [6, 6.07) is 11.6. The van der Waals surface area contributed by atoms with Gasteiger partial charge < -0.3 is 15.1 Å². The summed E-state index contributed by atoms with van der Waals surface area (Å²) in [5, 5.41) is 18.8. The van der Waals surface area contributed by atoms with Crippen LogP contribution >= 0.6 is 0 Å². The number of carbonyl (C=O) groups excluding carboxylic acids is 1. The van der Waals surface area contributed by atoms with E-state index in [4.69, 9.17) is 0 Å². The number of hydrogen-bond acceptors (Lipinski definition) is 3. The molecular weight excluding hydrogens is 254 g/mol. The number of benzene rings is 2. The van der Waals surface area contributed by atoms with Crippen LogP contribution in [0.3, 0.4) is 0 Å². The Morgan fingerprint density at radius 1 is 0.950 bits per heavy atom. The van der Waals surface area contributed by atoms with E-state index in [2.05, 4.69) is 0 Å². The molecule has 0 aromatic heterocycles. The molecule has 0 unspecified atom stereocenters. The zero-order valence-corrected chi connectivity index (χ0v) is 10.9. The van der Waals surface area contributed by atoms with Crippen LogP contribution in [0, 0.1) is 0 Å². The Morgan fingerprint density at radius 2 is 1.65 bits per heavy atom. The number of aromatic hydroxyl groups is 2. The smallest absolute Gasteiger partial charge is 0.254 e. The lowest BCUT2D eigenvalue weighted by Crippen LogP contribution is -2.35. The van der Waals surface area contributed by atoms with E-state index < -0.39 is 0 Å². The second-order valence-corrected chi connectivity index (χ2v) is 4.98. The Hall–Kier alpha value is -2.49. The molecule has 20 heavy (non-hydrogen) atoms. The highest BCUT2D eigenvalue weighted by Crippen LogP contribution is 2.24. The number of rotatable bonds is 1. The highest BCUT2D eigenvalue weighted by atomic mass is 16.3. The third kappa shape index (κ3) is 2.32. The van der Waals surface area contributed by atoms with Crippen LogP contribution in [0.1, 0.15) is 21.5 Å². The SMILES string of the molecule is O=C(c1ccc(O)cc1)N1CCc2ccc(O)cc2C1. The fraction of sp³-hybridized carbons (Fsp3) is 0.188. The van der Waals surface area contributed by atoms with E-state index in [9.17, 15) is 15.0 Å². The van der Waals surface area contributed by atoms with Crippen LogP contribution in [0.4, 0.5) is 0 Å². The molecule has 1 amide bonds. The minimum Gasteiger partial charge on any atom is -0.508 e. The number of nitrogens with zero attached hydrogens (tertiary/aromatic N) is 1. The Morgan fingerprint density at radius 3 is 2.40 bits per heavy atom. The van der Waals surface area contributed by atoms with Gasteiger partial charge in [0.15, 0.2) is 0 Å². The van der Waals surface area contributed by atoms with Crippen molar-refractivity contribution in [2.24, 2.45) is 0 Å². The minimum absolute atomic E-state index is 0.0565. The first-order chi connectivity index (χ1) is 9.63. The van der Waals surface area contributed by atoms with Gasteiger partial charge in [0.1, 0.15) is 11.5 Å². The molecule has 0 saturated heterocycles. The van der Waals surface area contributed by atoms with Crippen molar-refractivity contribution in [2.45, 2.75) is 13.0 Å². The van der Waals surface area contributed by atoms with E-state index in [1.807, 2.05) is 6.07 Å². The molecule has 0 bridgehead atoms. The van der Waals surface area contributed by atoms with Gasteiger partial charge in [-0.05, 0) is 53.9 Å². The van der Waals surface area contributed by atoms with E-state index in [0.717, 1.165) is 12.0 Å². The molecule has 4 heteroatoms. The monoisotopic (exact) mass is 269 g/mol. The van der Waals surface area contributed by atoms with Crippen LogP contribution < -0.4 is 0 Å². The highest BCUT2D eigenvalue weighted by molar-refractivity contribution is 5.94. The molecule has 1 heterocycles. The summed E-state index contributed by atoms with van der Waals surface area (Å²) in [5.74, 6) is 0.317. The van der Waals surface area contributed by atoms with E-state index >= 15 is 0 Å². The number of phenolic OH excluding ortho intramolecular Hbond substituents is 2. The predicted octanol–water partition coefficient (Wildman–Crippen LogP) is 2.30. The normalized spacial score (nSPS) is 13.9. The first-order valence-corrected chi connectivity index (χ1v) is 6.52. The molecule has 1 aliphatic rings. The maximum absolute atomic E-state index is 12.4. The molecule has 0 saturated carbocycles. The van der Waals surface area contributed by atoms with Gasteiger partial charge in [-0.1, -0.05) is 6.07 Å². The lowest BCUT2D eigenvalue weighted by Gasteiger charge is -2.29. The standard InChI is InChI=1S/C16H15NO3/c18-14-4-2-12(3-5-14)16(20)17-8-7-11-1-6-15(19)9-13(11)10-17/h1-6,9,18-19H,7-8,10H2. The second-order valence-electron chi connectivity index (χ2n) is 4.98. The summed E-state index contributed by atoms with van der Waals surface area (Å²) >= 11 is 0. The maximum Gasteiger partial charge on any atom is 0.254 e. The van der Waals surface area contributed by atoms with Crippen molar-refractivity contribution in [1.29, 1.82) is 0 Å². The van der Waals surface area contributed by atoms with Crippen molar-refractivity contribution in [3.63, 3.8) is 0 Å². The summed E-state index contributed by atoms with van der Waals surface area (Å²) < 4.78 is 0. The lowest BCUT2D eigenvalue weighted by atomic mass is 9.99. The van der Waals surface area contributed by atoms with Gasteiger partial charge in [-0.25, -0.2) is 0 Å². The number of hydrogen-bond donors (Lipinski definition) is 2. The highest BCUT2D eigenvalue weighted by Gasteiger charge is 2.21. The summed E-state index contributed by atoms with van der Waals surface area (Å²) in [6.07, 6.45) is 0.791. The van der Waals surface area contributed by atoms with E-state index in [0.29, 0.717) is 18.7 Å². The lowest BCUT2D eigenvalue weighted by molar-refractivity contribution is 0.0734. The number of fused-ring (bicyclic) bond motifs is 1. The van der Waals surface area contributed by atoms with Gasteiger partial charge in [-0.2, -0.15) is 0 Å². The number of amides is 1. The summed E-state index contributed by atoms with van der Waals surface area (Å²) in [7, 11) is 0. The van der Waals surface area contributed by atoms with E-state index in [-0.39, 0.29) is 17.4 Å². The Bertz CT molecular complexity index is 649. The zero-order valence-electron chi connectivity index (χ0n) is 10.9. The number of phenols is 2. The topological polar surface area (TPSA) is 60.8 Å². The Labute approximate surface area is 116 Å². The molecule has 1 aliphatic heterocycles. The molecule has 0 aliphatic carbocycles. The van der Waals surface area contributed by atoms with Crippen LogP contribution in [-0.4, -0.2) is 27.6 Å². The predicted molar refractivity (Wildman–Crippen MR) is 74.7 cm³/mol. The van der Waals surface area contributed by atoms with Crippen LogP contribution in [0.2, 0.25) is 0 Å². The van der Waals surface area contributed by atoms with Gasteiger partial charge in [0, 0.05) is 18.7 Å². The number of carbonyl (C=O) groups is 1. The van der Waals surface area contributed by atoms with Crippen LogP contribution in [0.5, 0.6) is 11.5 Å².